The van der Waals surface area contributed by atoms with Crippen molar-refractivity contribution in [2.24, 2.45) is 0 Å². The SMILES string of the molecule is O=C(O)NC(c1ccccc1)c1cccc(OCC(=O)Nc2ccc(CNCC(O)c3ccc(O)c4[nH]c(=O)ccc34)cc2)c1. The van der Waals surface area contributed by atoms with Crippen LogP contribution in [0.1, 0.15) is 34.4 Å². The number of aromatic amines is 1. The van der Waals surface area contributed by atoms with E-state index in [1.165, 1.54) is 12.1 Å². The summed E-state index contributed by atoms with van der Waals surface area (Å²) in [6.07, 6.45) is -2.03. The molecule has 4 aromatic carbocycles. The summed E-state index contributed by atoms with van der Waals surface area (Å²) in [6, 6.07) is 28.7. The molecule has 11 nitrogen and oxygen atoms in total. The maximum Gasteiger partial charge on any atom is 0.405 e. The lowest BCUT2D eigenvalue weighted by molar-refractivity contribution is -0.118. The summed E-state index contributed by atoms with van der Waals surface area (Å²) >= 11 is 0. The van der Waals surface area contributed by atoms with Crippen LogP contribution in [0.3, 0.4) is 0 Å². The van der Waals surface area contributed by atoms with Crippen LogP contribution in [0.15, 0.2) is 108 Å². The molecule has 2 unspecified atom stereocenters. The first-order valence-corrected chi connectivity index (χ1v) is 14.2. The number of phenolic OH excluding ortho intramolecular Hbond substituents is 1. The number of ether oxygens (including phenoxy) is 1. The van der Waals surface area contributed by atoms with Crippen LogP contribution in [0.25, 0.3) is 10.9 Å². The average Bonchev–Trinajstić information content (AvgIpc) is 3.04. The highest BCUT2D eigenvalue weighted by atomic mass is 16.5. The van der Waals surface area contributed by atoms with Crippen LogP contribution < -0.4 is 26.2 Å². The number of aromatic hydroxyl groups is 1. The number of hydrogen-bond acceptors (Lipinski definition) is 7. The molecule has 2 atom stereocenters. The number of aliphatic hydroxyl groups excluding tert-OH is 1. The first-order chi connectivity index (χ1) is 21.8. The minimum Gasteiger partial charge on any atom is -0.506 e. The summed E-state index contributed by atoms with van der Waals surface area (Å²) in [5, 5.41) is 39.2. The minimum absolute atomic E-state index is 0.0675. The Morgan fingerprint density at radius 1 is 0.867 bits per heavy atom. The summed E-state index contributed by atoms with van der Waals surface area (Å²) in [6.45, 7) is 0.444. The number of nitrogens with one attached hydrogen (secondary N) is 4. The molecular formula is C34H32N4O7. The van der Waals surface area contributed by atoms with Crippen molar-refractivity contribution in [3.63, 3.8) is 0 Å². The average molecular weight is 609 g/mol. The number of benzene rings is 4. The largest absolute Gasteiger partial charge is 0.506 e. The first-order valence-electron chi connectivity index (χ1n) is 14.2. The van der Waals surface area contributed by atoms with E-state index in [-0.39, 0.29) is 35.9 Å². The van der Waals surface area contributed by atoms with Gasteiger partial charge in [-0.1, -0.05) is 60.7 Å². The van der Waals surface area contributed by atoms with E-state index in [9.17, 15) is 29.7 Å². The predicted molar refractivity (Wildman–Crippen MR) is 169 cm³/mol. The predicted octanol–water partition coefficient (Wildman–Crippen LogP) is 4.43. The Labute approximate surface area is 258 Å². The lowest BCUT2D eigenvalue weighted by Gasteiger charge is -2.19. The lowest BCUT2D eigenvalue weighted by Crippen LogP contribution is -2.27. The number of amides is 2. The van der Waals surface area contributed by atoms with E-state index in [1.54, 1.807) is 48.5 Å². The normalized spacial score (nSPS) is 12.3. The number of H-pyrrole nitrogens is 1. The van der Waals surface area contributed by atoms with Crippen LogP contribution in [0, 0.1) is 0 Å². The third-order valence-electron chi connectivity index (χ3n) is 7.13. The van der Waals surface area contributed by atoms with Gasteiger partial charge in [0.15, 0.2) is 6.61 Å². The minimum atomic E-state index is -1.16. The second kappa shape index (κ2) is 14.2. The molecule has 1 aromatic heterocycles. The molecule has 0 aliphatic carbocycles. The van der Waals surface area contributed by atoms with E-state index in [4.69, 9.17) is 4.74 Å². The van der Waals surface area contributed by atoms with Crippen LogP contribution in [0.5, 0.6) is 11.5 Å². The molecular weight excluding hydrogens is 576 g/mol. The second-order valence-corrected chi connectivity index (χ2v) is 10.3. The molecule has 0 aliphatic rings. The maximum atomic E-state index is 12.6. The van der Waals surface area contributed by atoms with Gasteiger partial charge in [-0.05, 0) is 58.7 Å². The fourth-order valence-electron chi connectivity index (χ4n) is 4.98. The number of carbonyl (C=O) groups excluding carboxylic acids is 1. The Balaban J connectivity index is 1.11. The van der Waals surface area contributed by atoms with Gasteiger partial charge in [-0.15, -0.1) is 0 Å². The number of pyridine rings is 1. The van der Waals surface area contributed by atoms with Crippen molar-refractivity contribution in [2.75, 3.05) is 18.5 Å². The van der Waals surface area contributed by atoms with Crippen molar-refractivity contribution in [1.29, 1.82) is 0 Å². The van der Waals surface area contributed by atoms with Gasteiger partial charge in [-0.25, -0.2) is 4.79 Å². The fraction of sp³-hybridized carbons (Fsp3) is 0.147. The number of phenols is 1. The Bertz CT molecular complexity index is 1840. The van der Waals surface area contributed by atoms with Crippen molar-refractivity contribution in [3.8, 4) is 11.5 Å². The molecule has 0 radical (unpaired) electrons. The van der Waals surface area contributed by atoms with Crippen LogP contribution in [-0.2, 0) is 11.3 Å². The number of aliphatic hydroxyl groups is 1. The molecule has 5 rings (SSSR count). The Morgan fingerprint density at radius 3 is 2.38 bits per heavy atom. The fourth-order valence-corrected chi connectivity index (χ4v) is 4.98. The van der Waals surface area contributed by atoms with Gasteiger partial charge in [0.2, 0.25) is 5.56 Å². The Hall–Kier alpha value is -5.65. The molecule has 0 aliphatic heterocycles. The van der Waals surface area contributed by atoms with Crippen molar-refractivity contribution in [1.82, 2.24) is 15.6 Å². The van der Waals surface area contributed by atoms with Gasteiger partial charge < -0.3 is 41.0 Å². The first kappa shape index (κ1) is 30.8. The molecule has 0 bridgehead atoms. The topological polar surface area (TPSA) is 173 Å². The van der Waals surface area contributed by atoms with Crippen molar-refractivity contribution < 1.29 is 29.6 Å². The highest BCUT2D eigenvalue weighted by molar-refractivity contribution is 5.92. The quantitative estimate of drug-likeness (QED) is 0.109. The van der Waals surface area contributed by atoms with Crippen molar-refractivity contribution in [2.45, 2.75) is 18.7 Å². The van der Waals surface area contributed by atoms with Gasteiger partial charge in [0.25, 0.3) is 5.91 Å². The molecule has 2 amide bonds. The highest BCUT2D eigenvalue weighted by Crippen LogP contribution is 2.29. The smallest absolute Gasteiger partial charge is 0.405 e. The number of carboxylic acid groups (broad SMARTS) is 1. The van der Waals surface area contributed by atoms with Crippen LogP contribution in [0.2, 0.25) is 0 Å². The number of rotatable bonds is 12. The molecule has 0 fully saturated rings. The monoisotopic (exact) mass is 608 g/mol. The van der Waals surface area contributed by atoms with E-state index < -0.39 is 18.2 Å². The number of hydrogen-bond donors (Lipinski definition) is 7. The second-order valence-electron chi connectivity index (χ2n) is 10.3. The summed E-state index contributed by atoms with van der Waals surface area (Å²) in [4.78, 5) is 38.2. The molecule has 11 heteroatoms. The van der Waals surface area contributed by atoms with Crippen LogP contribution >= 0.6 is 0 Å². The lowest BCUT2D eigenvalue weighted by atomic mass is 9.99. The number of aromatic nitrogens is 1. The molecule has 1 heterocycles. The number of anilines is 1. The van der Waals surface area contributed by atoms with Gasteiger partial charge in [0.1, 0.15) is 11.5 Å². The maximum absolute atomic E-state index is 12.6. The summed E-state index contributed by atoms with van der Waals surface area (Å²) in [5.74, 6) is -0.00447. The molecule has 0 saturated carbocycles. The van der Waals surface area contributed by atoms with Crippen LogP contribution in [0.4, 0.5) is 10.5 Å². The molecule has 0 saturated heterocycles. The van der Waals surface area contributed by atoms with E-state index in [0.29, 0.717) is 34.5 Å². The zero-order valence-corrected chi connectivity index (χ0v) is 24.1. The van der Waals surface area contributed by atoms with E-state index in [1.807, 2.05) is 42.5 Å². The van der Waals surface area contributed by atoms with Gasteiger partial charge in [0, 0.05) is 30.2 Å². The van der Waals surface area contributed by atoms with Gasteiger partial charge >= 0.3 is 6.09 Å². The third-order valence-corrected chi connectivity index (χ3v) is 7.13. The highest BCUT2D eigenvalue weighted by Gasteiger charge is 2.17. The van der Waals surface area contributed by atoms with Gasteiger partial charge in [-0.3, -0.25) is 9.59 Å². The molecule has 230 valence electrons. The molecule has 45 heavy (non-hydrogen) atoms. The summed E-state index contributed by atoms with van der Waals surface area (Å²) in [7, 11) is 0. The van der Waals surface area contributed by atoms with E-state index in [2.05, 4.69) is 20.9 Å². The molecule has 5 aromatic rings. The van der Waals surface area contributed by atoms with Gasteiger partial charge in [-0.2, -0.15) is 0 Å². The van der Waals surface area contributed by atoms with Gasteiger partial charge in [0.05, 0.1) is 17.7 Å². The van der Waals surface area contributed by atoms with Crippen molar-refractivity contribution >= 4 is 28.6 Å². The summed E-state index contributed by atoms with van der Waals surface area (Å²) in [5.41, 5.74) is 3.47. The van der Waals surface area contributed by atoms with E-state index in [0.717, 1.165) is 11.1 Å². The van der Waals surface area contributed by atoms with E-state index >= 15 is 0 Å². The zero-order chi connectivity index (χ0) is 31.8. The molecule has 0 spiro atoms. The van der Waals surface area contributed by atoms with Crippen LogP contribution in [-0.4, -0.2) is 45.5 Å². The standard InChI is InChI=1S/C34H32N4O7/c39-28-15-13-26(27-14-16-30(41)37-33(27)28)29(40)19-35-18-21-9-11-24(12-10-21)36-31(42)20-45-25-8-4-7-23(17-25)32(38-34(43)44)22-5-2-1-3-6-22/h1-17,29,32,35,38-40H,18-20H2,(H,36,42)(H,37,41)(H,43,44). The number of carbonyl (C=O) groups is 2. The summed E-state index contributed by atoms with van der Waals surface area (Å²) < 4.78 is 5.69. The number of fused-ring (bicyclic) bond motifs is 1. The molecule has 7 N–H and O–H groups in total. The van der Waals surface area contributed by atoms with Crippen molar-refractivity contribution in [3.05, 3.63) is 136 Å². The zero-order valence-electron chi connectivity index (χ0n) is 24.1. The third kappa shape index (κ3) is 8.05. The Morgan fingerprint density at radius 2 is 1.62 bits per heavy atom. The Kier molecular flexibility index (Phi) is 9.73.